The van der Waals surface area contributed by atoms with E-state index in [-0.39, 0.29) is 29.8 Å². The number of aliphatic imine (C=N–C) groups is 1. The molecule has 2 aromatic rings. The van der Waals surface area contributed by atoms with Crippen LogP contribution in [-0.2, 0) is 13.0 Å². The van der Waals surface area contributed by atoms with Crippen LogP contribution in [0.1, 0.15) is 11.1 Å². The van der Waals surface area contributed by atoms with Crippen LogP contribution < -0.4 is 10.6 Å². The SMILES string of the molecule is CN=C(NCCc1ccc(F)cc1F)NCc1cccc(F)c1.I. The number of guanidine groups is 1. The molecule has 130 valence electrons. The van der Waals surface area contributed by atoms with Gasteiger partial charge in [-0.3, -0.25) is 4.99 Å². The third-order valence-electron chi connectivity index (χ3n) is 3.27. The molecular weight excluding hydrogens is 430 g/mol. The second-order valence-electron chi connectivity index (χ2n) is 4.97. The summed E-state index contributed by atoms with van der Waals surface area (Å²) in [6.07, 6.45) is 0.396. The molecule has 3 nitrogen and oxygen atoms in total. The Bertz CT molecular complexity index is 693. The predicted octanol–water partition coefficient (Wildman–Crippen LogP) is 3.63. The van der Waals surface area contributed by atoms with Crippen LogP contribution in [0, 0.1) is 17.5 Å². The summed E-state index contributed by atoms with van der Waals surface area (Å²) in [7, 11) is 1.61. The quantitative estimate of drug-likeness (QED) is 0.416. The van der Waals surface area contributed by atoms with Crippen molar-refractivity contribution in [2.75, 3.05) is 13.6 Å². The first-order valence-corrected chi connectivity index (χ1v) is 7.21. The van der Waals surface area contributed by atoms with E-state index >= 15 is 0 Å². The summed E-state index contributed by atoms with van der Waals surface area (Å²) in [5, 5.41) is 6.07. The molecule has 0 aliphatic heterocycles. The molecular formula is C17H19F3IN3. The number of hydrogen-bond donors (Lipinski definition) is 2. The topological polar surface area (TPSA) is 36.4 Å². The van der Waals surface area contributed by atoms with Crippen LogP contribution in [0.4, 0.5) is 13.2 Å². The van der Waals surface area contributed by atoms with E-state index in [2.05, 4.69) is 15.6 Å². The fourth-order valence-electron chi connectivity index (χ4n) is 2.09. The fourth-order valence-corrected chi connectivity index (χ4v) is 2.09. The number of benzene rings is 2. The van der Waals surface area contributed by atoms with Gasteiger partial charge in [0.15, 0.2) is 5.96 Å². The summed E-state index contributed by atoms with van der Waals surface area (Å²) in [4.78, 5) is 4.04. The lowest BCUT2D eigenvalue weighted by Crippen LogP contribution is -2.37. The predicted molar refractivity (Wildman–Crippen MR) is 100 cm³/mol. The lowest BCUT2D eigenvalue weighted by Gasteiger charge is -2.12. The maximum absolute atomic E-state index is 13.5. The minimum Gasteiger partial charge on any atom is -0.356 e. The van der Waals surface area contributed by atoms with Gasteiger partial charge in [0, 0.05) is 26.2 Å². The van der Waals surface area contributed by atoms with Gasteiger partial charge in [-0.05, 0) is 35.7 Å². The van der Waals surface area contributed by atoms with E-state index in [1.54, 1.807) is 19.2 Å². The third kappa shape index (κ3) is 6.38. The van der Waals surface area contributed by atoms with E-state index < -0.39 is 11.6 Å². The average molecular weight is 449 g/mol. The minimum atomic E-state index is -0.591. The van der Waals surface area contributed by atoms with Gasteiger partial charge < -0.3 is 10.6 Å². The monoisotopic (exact) mass is 449 g/mol. The highest BCUT2D eigenvalue weighted by molar-refractivity contribution is 14.0. The van der Waals surface area contributed by atoms with Crippen LogP contribution in [0.25, 0.3) is 0 Å². The molecule has 0 saturated heterocycles. The molecule has 0 bridgehead atoms. The van der Waals surface area contributed by atoms with Gasteiger partial charge in [0.1, 0.15) is 17.5 Å². The minimum absolute atomic E-state index is 0. The molecule has 2 N–H and O–H groups in total. The van der Waals surface area contributed by atoms with Gasteiger partial charge in [0.05, 0.1) is 0 Å². The molecule has 2 aromatic carbocycles. The van der Waals surface area contributed by atoms with Crippen LogP contribution >= 0.6 is 24.0 Å². The highest BCUT2D eigenvalue weighted by Crippen LogP contribution is 2.09. The maximum atomic E-state index is 13.5. The molecule has 7 heteroatoms. The number of nitrogens with zero attached hydrogens (tertiary/aromatic N) is 1. The first-order valence-electron chi connectivity index (χ1n) is 7.21. The Morgan fingerprint density at radius 2 is 1.75 bits per heavy atom. The van der Waals surface area contributed by atoms with E-state index in [0.29, 0.717) is 31.0 Å². The van der Waals surface area contributed by atoms with E-state index in [1.807, 2.05) is 0 Å². The van der Waals surface area contributed by atoms with Crippen molar-refractivity contribution in [3.8, 4) is 0 Å². The zero-order valence-electron chi connectivity index (χ0n) is 13.2. The van der Waals surface area contributed by atoms with Crippen molar-refractivity contribution in [1.29, 1.82) is 0 Å². The Kier molecular flexibility index (Phi) is 8.59. The van der Waals surface area contributed by atoms with Crippen molar-refractivity contribution in [3.05, 3.63) is 71.0 Å². The van der Waals surface area contributed by atoms with Gasteiger partial charge in [-0.15, -0.1) is 24.0 Å². The molecule has 0 spiro atoms. The summed E-state index contributed by atoms with van der Waals surface area (Å²) in [5.41, 5.74) is 1.22. The highest BCUT2D eigenvalue weighted by atomic mass is 127. The molecule has 0 radical (unpaired) electrons. The Labute approximate surface area is 156 Å². The molecule has 0 aliphatic carbocycles. The van der Waals surface area contributed by atoms with Crippen LogP contribution in [0.5, 0.6) is 0 Å². The lowest BCUT2D eigenvalue weighted by atomic mass is 10.1. The number of hydrogen-bond acceptors (Lipinski definition) is 1. The Morgan fingerprint density at radius 1 is 1.00 bits per heavy atom. The van der Waals surface area contributed by atoms with Crippen LogP contribution in [0.3, 0.4) is 0 Å². The maximum Gasteiger partial charge on any atom is 0.191 e. The molecule has 0 unspecified atom stereocenters. The van der Waals surface area contributed by atoms with Gasteiger partial charge in [0.2, 0.25) is 0 Å². The highest BCUT2D eigenvalue weighted by Gasteiger charge is 2.04. The van der Waals surface area contributed by atoms with Crippen LogP contribution in [-0.4, -0.2) is 19.6 Å². The van der Waals surface area contributed by atoms with Gasteiger partial charge in [-0.2, -0.15) is 0 Å². The average Bonchev–Trinajstić information content (AvgIpc) is 2.52. The second kappa shape index (κ2) is 10.2. The van der Waals surface area contributed by atoms with Gasteiger partial charge in [-0.1, -0.05) is 18.2 Å². The first-order chi connectivity index (χ1) is 11.1. The molecule has 0 heterocycles. The molecule has 0 fully saturated rings. The molecule has 24 heavy (non-hydrogen) atoms. The largest absolute Gasteiger partial charge is 0.356 e. The zero-order valence-corrected chi connectivity index (χ0v) is 15.5. The van der Waals surface area contributed by atoms with Crippen molar-refractivity contribution in [2.24, 2.45) is 4.99 Å². The summed E-state index contributed by atoms with van der Waals surface area (Å²) < 4.78 is 39.4. The molecule has 0 saturated carbocycles. The van der Waals surface area contributed by atoms with Gasteiger partial charge in [-0.25, -0.2) is 13.2 Å². The number of rotatable bonds is 5. The standard InChI is InChI=1S/C17H18F3N3.HI/c1-21-17(23-11-12-3-2-4-14(18)9-12)22-8-7-13-5-6-15(19)10-16(13)20;/h2-6,9-10H,7-8,11H2,1H3,(H2,21,22,23);1H. The molecule has 0 aromatic heterocycles. The fraction of sp³-hybridized carbons (Fsp3) is 0.235. The zero-order chi connectivity index (χ0) is 16.7. The molecule has 2 rings (SSSR count). The van der Waals surface area contributed by atoms with Crippen LogP contribution in [0.2, 0.25) is 0 Å². The van der Waals surface area contributed by atoms with Crippen molar-refractivity contribution in [3.63, 3.8) is 0 Å². The Hall–Kier alpha value is -1.77. The Morgan fingerprint density at radius 3 is 2.42 bits per heavy atom. The smallest absolute Gasteiger partial charge is 0.191 e. The van der Waals surface area contributed by atoms with Crippen molar-refractivity contribution >= 4 is 29.9 Å². The van der Waals surface area contributed by atoms with E-state index in [0.717, 1.165) is 11.6 Å². The molecule has 0 amide bonds. The summed E-state index contributed by atoms with van der Waals surface area (Å²) in [6, 6.07) is 9.79. The van der Waals surface area contributed by atoms with Crippen molar-refractivity contribution in [1.82, 2.24) is 10.6 Å². The molecule has 0 aliphatic rings. The van der Waals surface area contributed by atoms with E-state index in [4.69, 9.17) is 0 Å². The first kappa shape index (κ1) is 20.3. The molecule has 0 atom stereocenters. The number of halogens is 4. The summed E-state index contributed by atoms with van der Waals surface area (Å²) in [6.45, 7) is 0.855. The van der Waals surface area contributed by atoms with E-state index in [1.165, 1.54) is 24.3 Å². The van der Waals surface area contributed by atoms with Crippen LogP contribution in [0.15, 0.2) is 47.5 Å². The normalized spacial score (nSPS) is 10.9. The van der Waals surface area contributed by atoms with Crippen molar-refractivity contribution in [2.45, 2.75) is 13.0 Å². The summed E-state index contributed by atoms with van der Waals surface area (Å²) in [5.74, 6) is -0.919. The second-order valence-corrected chi connectivity index (χ2v) is 4.97. The van der Waals surface area contributed by atoms with Gasteiger partial charge in [0.25, 0.3) is 0 Å². The van der Waals surface area contributed by atoms with Gasteiger partial charge >= 0.3 is 0 Å². The summed E-state index contributed by atoms with van der Waals surface area (Å²) >= 11 is 0. The third-order valence-corrected chi connectivity index (χ3v) is 3.27. The van der Waals surface area contributed by atoms with Crippen molar-refractivity contribution < 1.29 is 13.2 Å². The van der Waals surface area contributed by atoms with E-state index in [9.17, 15) is 13.2 Å². The Balaban J connectivity index is 0.00000288. The lowest BCUT2D eigenvalue weighted by molar-refractivity contribution is 0.570. The number of nitrogens with one attached hydrogen (secondary N) is 2.